The summed E-state index contributed by atoms with van der Waals surface area (Å²) in [5, 5.41) is 4.40. The number of H-pyrrole nitrogens is 1. The number of nitrogens with one attached hydrogen (secondary N) is 2. The van der Waals surface area contributed by atoms with Crippen LogP contribution in [-0.2, 0) is 32.8 Å². The zero-order chi connectivity index (χ0) is 35.3. The first kappa shape index (κ1) is 36.1. The molecule has 1 unspecified atom stereocenters. The molecule has 3 atom stereocenters. The number of ether oxygens (including phenoxy) is 4. The predicted molar refractivity (Wildman–Crippen MR) is 193 cm³/mol. The minimum Gasteiger partial charge on any atom is -0.493 e. The lowest BCUT2D eigenvalue weighted by atomic mass is 9.84. The van der Waals surface area contributed by atoms with Crippen molar-refractivity contribution in [3.05, 3.63) is 110 Å². The Morgan fingerprint density at radius 2 is 1.72 bits per heavy atom. The molecule has 5 heterocycles. The van der Waals surface area contributed by atoms with Gasteiger partial charge in [-0.25, -0.2) is 14.6 Å². The molecule has 4 aromatic rings. The SMILES string of the molecule is CCC(NCc1ccc(C(=O)O[C@@H](Cc2c(Cl)c[nH+]cc2Cl)c2ccc(OC)c(OC)c2)s1)(C(=O)O[C@H]1CN2CCC1CC2)c1ccccc1. The Labute approximate surface area is 306 Å². The van der Waals surface area contributed by atoms with Crippen molar-refractivity contribution in [2.45, 2.75) is 56.9 Å². The number of benzene rings is 2. The third-order valence-corrected chi connectivity index (χ3v) is 11.6. The number of pyridine rings is 1. The van der Waals surface area contributed by atoms with Gasteiger partial charge < -0.3 is 18.9 Å². The molecule has 50 heavy (non-hydrogen) atoms. The highest BCUT2D eigenvalue weighted by atomic mass is 35.5. The molecule has 0 amide bonds. The largest absolute Gasteiger partial charge is 0.493 e. The normalized spacial score (nSPS) is 20.1. The third-order valence-electron chi connectivity index (χ3n) is 9.84. The van der Waals surface area contributed by atoms with Crippen LogP contribution in [0.4, 0.5) is 0 Å². The van der Waals surface area contributed by atoms with Gasteiger partial charge in [0, 0.05) is 30.0 Å². The molecule has 3 fully saturated rings. The van der Waals surface area contributed by atoms with Gasteiger partial charge >= 0.3 is 11.9 Å². The van der Waals surface area contributed by atoms with Crippen LogP contribution in [0.1, 0.15) is 63.5 Å². The van der Waals surface area contributed by atoms with E-state index in [0.717, 1.165) is 42.9 Å². The van der Waals surface area contributed by atoms with Crippen LogP contribution in [0.15, 0.2) is 73.1 Å². The second-order valence-corrected chi connectivity index (χ2v) is 14.7. The molecule has 3 aliphatic rings. The number of halogens is 2. The molecule has 3 aliphatic heterocycles. The van der Waals surface area contributed by atoms with E-state index < -0.39 is 17.6 Å². The van der Waals surface area contributed by atoms with Crippen molar-refractivity contribution in [3.8, 4) is 11.5 Å². The second-order valence-electron chi connectivity index (χ2n) is 12.7. The summed E-state index contributed by atoms with van der Waals surface area (Å²) in [5.41, 5.74) is 1.12. The Kier molecular flexibility index (Phi) is 11.7. The Morgan fingerprint density at radius 1 is 1.00 bits per heavy atom. The second kappa shape index (κ2) is 16.1. The molecule has 2 N–H and O–H groups in total. The summed E-state index contributed by atoms with van der Waals surface area (Å²) in [6.07, 6.45) is 5.25. The first-order chi connectivity index (χ1) is 24.2. The molecule has 0 saturated carbocycles. The lowest BCUT2D eigenvalue weighted by Gasteiger charge is -2.45. The third kappa shape index (κ3) is 7.80. The lowest BCUT2D eigenvalue weighted by Crippen LogP contribution is -2.56. The Hall–Kier alpha value is -3.67. The van der Waals surface area contributed by atoms with Gasteiger partial charge in [-0.3, -0.25) is 10.2 Å². The summed E-state index contributed by atoms with van der Waals surface area (Å²) in [6, 6.07) is 18.7. The van der Waals surface area contributed by atoms with E-state index in [-0.39, 0.29) is 18.5 Å². The number of fused-ring (bicyclic) bond motifs is 3. The van der Waals surface area contributed by atoms with Gasteiger partial charge in [0.1, 0.15) is 32.7 Å². The summed E-state index contributed by atoms with van der Waals surface area (Å²) >= 11 is 14.3. The fourth-order valence-electron chi connectivity index (χ4n) is 6.92. The molecule has 2 aromatic heterocycles. The van der Waals surface area contributed by atoms with Gasteiger partial charge in [0.25, 0.3) is 0 Å². The molecule has 3 saturated heterocycles. The minimum absolute atomic E-state index is 0.109. The average molecular weight is 740 g/mol. The Balaban J connectivity index is 1.21. The number of aromatic nitrogens is 1. The van der Waals surface area contributed by atoms with Crippen LogP contribution in [0.3, 0.4) is 0 Å². The molecule has 2 aromatic carbocycles. The summed E-state index contributed by atoms with van der Waals surface area (Å²) in [6.45, 7) is 5.26. The van der Waals surface area contributed by atoms with Crippen LogP contribution in [-0.4, -0.2) is 56.8 Å². The number of hydrogen-bond donors (Lipinski definition) is 1. The van der Waals surface area contributed by atoms with E-state index in [0.29, 0.717) is 56.4 Å². The van der Waals surface area contributed by atoms with E-state index in [9.17, 15) is 9.59 Å². The van der Waals surface area contributed by atoms with Crippen molar-refractivity contribution in [3.63, 3.8) is 0 Å². The van der Waals surface area contributed by atoms with Gasteiger partial charge in [-0.05, 0) is 73.7 Å². The van der Waals surface area contributed by atoms with E-state index in [1.54, 1.807) is 44.8 Å². The van der Waals surface area contributed by atoms with Crippen molar-refractivity contribution in [2.75, 3.05) is 33.9 Å². The number of methoxy groups -OCH3 is 2. The van der Waals surface area contributed by atoms with Gasteiger partial charge in [0.2, 0.25) is 0 Å². The molecular formula is C38H42Cl2N3O6S+. The molecule has 7 rings (SSSR count). The van der Waals surface area contributed by atoms with Crippen LogP contribution in [0, 0.1) is 5.92 Å². The molecule has 12 heteroatoms. The van der Waals surface area contributed by atoms with Crippen LogP contribution in [0.5, 0.6) is 11.5 Å². The monoisotopic (exact) mass is 738 g/mol. The lowest BCUT2D eigenvalue weighted by molar-refractivity contribution is -0.377. The quantitative estimate of drug-likeness (QED) is 0.137. The molecule has 0 radical (unpaired) electrons. The first-order valence-corrected chi connectivity index (χ1v) is 18.4. The highest BCUT2D eigenvalue weighted by Crippen LogP contribution is 2.37. The number of hydrogen-bond acceptors (Lipinski definition) is 9. The Bertz CT molecular complexity index is 1780. The summed E-state index contributed by atoms with van der Waals surface area (Å²) < 4.78 is 23.4. The van der Waals surface area contributed by atoms with Gasteiger partial charge in [-0.1, -0.05) is 66.5 Å². The van der Waals surface area contributed by atoms with E-state index in [1.165, 1.54) is 11.3 Å². The molecule has 264 valence electrons. The number of nitrogens with zero attached hydrogens (tertiary/aromatic N) is 1. The van der Waals surface area contributed by atoms with Gasteiger partial charge in [-0.15, -0.1) is 11.3 Å². The number of piperidine rings is 3. The van der Waals surface area contributed by atoms with E-state index in [4.69, 9.17) is 42.1 Å². The highest BCUT2D eigenvalue weighted by Gasteiger charge is 2.44. The van der Waals surface area contributed by atoms with Crippen LogP contribution < -0.4 is 19.8 Å². The molecule has 0 spiro atoms. The van der Waals surface area contributed by atoms with Crippen LogP contribution in [0.25, 0.3) is 0 Å². The number of esters is 2. The van der Waals surface area contributed by atoms with E-state index in [1.807, 2.05) is 49.4 Å². The number of aromatic amines is 1. The van der Waals surface area contributed by atoms with Gasteiger partial charge in [0.15, 0.2) is 23.9 Å². The fourth-order valence-corrected chi connectivity index (χ4v) is 8.28. The standard InChI is InChI=1S/C38H41Cl2N3O6S/c1-4-38(26-8-6-5-7-9-26,37(45)49-34-23-43-16-14-24(34)15-17-43)42-20-27-11-13-35(50-27)36(44)48-32(19-28-29(39)21-41-22-30(28)40)25-10-12-31(46-2)33(18-25)47-3/h5-13,18,21-22,24,32,34,42H,4,14-17,19-20,23H2,1-3H3/p+1/t32-,34-,38?/m0/s1. The smallest absolute Gasteiger partial charge is 0.348 e. The zero-order valence-electron chi connectivity index (χ0n) is 28.4. The van der Waals surface area contributed by atoms with Gasteiger partial charge in [-0.2, -0.15) is 0 Å². The Morgan fingerprint density at radius 3 is 2.36 bits per heavy atom. The first-order valence-electron chi connectivity index (χ1n) is 16.8. The predicted octanol–water partition coefficient (Wildman–Crippen LogP) is 7.06. The summed E-state index contributed by atoms with van der Waals surface area (Å²) in [5.74, 6) is 0.680. The number of carbonyl (C=O) groups excluding carboxylic acids is 2. The zero-order valence-corrected chi connectivity index (χ0v) is 30.7. The maximum absolute atomic E-state index is 14.1. The van der Waals surface area contributed by atoms with Crippen LogP contribution in [0.2, 0.25) is 10.0 Å². The minimum atomic E-state index is -1.05. The summed E-state index contributed by atoms with van der Waals surface area (Å²) in [4.78, 5) is 34.4. The van der Waals surface area contributed by atoms with Crippen LogP contribution >= 0.6 is 34.5 Å². The molecular weight excluding hydrogens is 697 g/mol. The molecule has 2 bridgehead atoms. The maximum atomic E-state index is 14.1. The van der Waals surface area contributed by atoms with E-state index in [2.05, 4.69) is 15.2 Å². The van der Waals surface area contributed by atoms with Gasteiger partial charge in [0.05, 0.1) is 14.2 Å². The van der Waals surface area contributed by atoms with Crippen molar-refractivity contribution in [1.29, 1.82) is 0 Å². The van der Waals surface area contributed by atoms with Crippen molar-refractivity contribution < 1.29 is 33.5 Å². The van der Waals surface area contributed by atoms with Crippen molar-refractivity contribution >= 4 is 46.5 Å². The number of carbonyl (C=O) groups is 2. The van der Waals surface area contributed by atoms with Crippen molar-refractivity contribution in [2.24, 2.45) is 5.92 Å². The highest BCUT2D eigenvalue weighted by molar-refractivity contribution is 7.13. The fraction of sp³-hybridized carbons (Fsp3) is 0.395. The summed E-state index contributed by atoms with van der Waals surface area (Å²) in [7, 11) is 3.11. The van der Waals surface area contributed by atoms with E-state index >= 15 is 0 Å². The number of thiophene rings is 1. The number of rotatable bonds is 14. The maximum Gasteiger partial charge on any atom is 0.348 e. The molecule has 0 aliphatic carbocycles. The van der Waals surface area contributed by atoms with Crippen molar-refractivity contribution in [1.82, 2.24) is 10.2 Å². The topological polar surface area (TPSA) is 100 Å². The average Bonchev–Trinajstić information content (AvgIpc) is 3.63. The molecule has 9 nitrogen and oxygen atoms in total.